The molecule has 0 aliphatic rings. The standard InChI is InChI=1S/C14H23N3O/c1-11-5-6-13(12(2)9-11)16-14(18)10-15-7-8-17(3)4/h5-6,9,15H,7-8,10H2,1-4H3,(H,16,18). The average Bonchev–Trinajstić information content (AvgIpc) is 2.28. The van der Waals surface area contributed by atoms with Gasteiger partial charge in [-0.3, -0.25) is 4.79 Å². The van der Waals surface area contributed by atoms with Gasteiger partial charge in [-0.1, -0.05) is 17.7 Å². The topological polar surface area (TPSA) is 44.4 Å². The molecule has 4 nitrogen and oxygen atoms in total. The van der Waals surface area contributed by atoms with Gasteiger partial charge in [0.15, 0.2) is 0 Å². The van der Waals surface area contributed by atoms with Crippen LogP contribution in [-0.4, -0.2) is 44.5 Å². The number of nitrogens with one attached hydrogen (secondary N) is 2. The van der Waals surface area contributed by atoms with E-state index in [2.05, 4.69) is 21.6 Å². The fourth-order valence-corrected chi connectivity index (χ4v) is 1.65. The second-order valence-electron chi connectivity index (χ2n) is 4.85. The summed E-state index contributed by atoms with van der Waals surface area (Å²) in [5.41, 5.74) is 3.19. The number of rotatable bonds is 6. The van der Waals surface area contributed by atoms with Gasteiger partial charge < -0.3 is 15.5 Å². The zero-order valence-corrected chi connectivity index (χ0v) is 11.7. The van der Waals surface area contributed by atoms with Crippen molar-refractivity contribution in [2.75, 3.05) is 39.0 Å². The van der Waals surface area contributed by atoms with Gasteiger partial charge in [0.1, 0.15) is 0 Å². The van der Waals surface area contributed by atoms with Crippen molar-refractivity contribution >= 4 is 11.6 Å². The quantitative estimate of drug-likeness (QED) is 0.749. The molecule has 0 spiro atoms. The molecule has 100 valence electrons. The summed E-state index contributed by atoms with van der Waals surface area (Å²) in [6.45, 7) is 6.13. The summed E-state index contributed by atoms with van der Waals surface area (Å²) in [4.78, 5) is 13.8. The molecule has 1 rings (SSSR count). The molecule has 0 saturated carbocycles. The Kier molecular flexibility index (Phi) is 5.82. The lowest BCUT2D eigenvalue weighted by atomic mass is 10.1. The van der Waals surface area contributed by atoms with Crippen LogP contribution in [0.15, 0.2) is 18.2 Å². The molecule has 4 heteroatoms. The van der Waals surface area contributed by atoms with E-state index in [0.717, 1.165) is 24.3 Å². The second-order valence-corrected chi connectivity index (χ2v) is 4.85. The first-order chi connectivity index (χ1) is 8.49. The molecule has 2 N–H and O–H groups in total. The highest BCUT2D eigenvalue weighted by Gasteiger charge is 2.04. The zero-order valence-electron chi connectivity index (χ0n) is 11.7. The molecule has 0 saturated heterocycles. The van der Waals surface area contributed by atoms with E-state index >= 15 is 0 Å². The Hall–Kier alpha value is -1.39. The van der Waals surface area contributed by atoms with Crippen molar-refractivity contribution in [2.24, 2.45) is 0 Å². The van der Waals surface area contributed by atoms with Crippen LogP contribution in [0.3, 0.4) is 0 Å². The second kappa shape index (κ2) is 7.13. The highest BCUT2D eigenvalue weighted by Crippen LogP contribution is 2.15. The molecule has 0 fully saturated rings. The van der Waals surface area contributed by atoms with E-state index in [4.69, 9.17) is 0 Å². The van der Waals surface area contributed by atoms with Crippen molar-refractivity contribution in [3.63, 3.8) is 0 Å². The fourth-order valence-electron chi connectivity index (χ4n) is 1.65. The van der Waals surface area contributed by atoms with Crippen molar-refractivity contribution in [1.29, 1.82) is 0 Å². The number of amides is 1. The van der Waals surface area contributed by atoms with Crippen molar-refractivity contribution in [2.45, 2.75) is 13.8 Å². The maximum absolute atomic E-state index is 11.7. The van der Waals surface area contributed by atoms with Gasteiger partial charge in [0, 0.05) is 18.8 Å². The van der Waals surface area contributed by atoms with Crippen LogP contribution in [0.25, 0.3) is 0 Å². The monoisotopic (exact) mass is 249 g/mol. The number of aryl methyl sites for hydroxylation is 2. The summed E-state index contributed by atoms with van der Waals surface area (Å²) in [7, 11) is 4.02. The molecular weight excluding hydrogens is 226 g/mol. The van der Waals surface area contributed by atoms with Crippen LogP contribution in [0.5, 0.6) is 0 Å². The molecule has 0 aliphatic carbocycles. The largest absolute Gasteiger partial charge is 0.325 e. The van der Waals surface area contributed by atoms with Crippen molar-refractivity contribution in [3.8, 4) is 0 Å². The number of benzene rings is 1. The van der Waals surface area contributed by atoms with Crippen LogP contribution >= 0.6 is 0 Å². The molecule has 0 bridgehead atoms. The Bertz CT molecular complexity index is 402. The van der Waals surface area contributed by atoms with E-state index in [-0.39, 0.29) is 5.91 Å². The molecular formula is C14H23N3O. The molecule has 0 unspecified atom stereocenters. The first-order valence-electron chi connectivity index (χ1n) is 6.21. The number of hydrogen-bond donors (Lipinski definition) is 2. The van der Waals surface area contributed by atoms with E-state index < -0.39 is 0 Å². The van der Waals surface area contributed by atoms with Gasteiger partial charge in [-0.05, 0) is 39.6 Å². The number of nitrogens with zero attached hydrogens (tertiary/aromatic N) is 1. The summed E-state index contributed by atoms with van der Waals surface area (Å²) >= 11 is 0. The predicted molar refractivity (Wildman–Crippen MR) is 76.0 cm³/mol. The minimum absolute atomic E-state index is 0.000657. The first kappa shape index (κ1) is 14.7. The number of carbonyl (C=O) groups is 1. The van der Waals surface area contributed by atoms with Crippen molar-refractivity contribution in [3.05, 3.63) is 29.3 Å². The van der Waals surface area contributed by atoms with Gasteiger partial charge in [-0.2, -0.15) is 0 Å². The lowest BCUT2D eigenvalue weighted by Gasteiger charge is -2.11. The van der Waals surface area contributed by atoms with E-state index in [9.17, 15) is 4.79 Å². The molecule has 1 aromatic rings. The highest BCUT2D eigenvalue weighted by atomic mass is 16.1. The minimum Gasteiger partial charge on any atom is -0.325 e. The van der Waals surface area contributed by atoms with Crippen LogP contribution in [0, 0.1) is 13.8 Å². The first-order valence-corrected chi connectivity index (χ1v) is 6.21. The summed E-state index contributed by atoms with van der Waals surface area (Å²) in [5.74, 6) is 0.000657. The number of likely N-dealkylation sites (N-methyl/N-ethyl adjacent to an activating group) is 1. The molecule has 1 amide bonds. The maximum Gasteiger partial charge on any atom is 0.238 e. The summed E-state index contributed by atoms with van der Waals surface area (Å²) in [5, 5.41) is 6.02. The highest BCUT2D eigenvalue weighted by molar-refractivity contribution is 5.92. The molecule has 0 heterocycles. The minimum atomic E-state index is 0.000657. The number of carbonyl (C=O) groups excluding carboxylic acids is 1. The van der Waals surface area contributed by atoms with Crippen LogP contribution in [0.4, 0.5) is 5.69 Å². The Morgan fingerprint density at radius 2 is 2.00 bits per heavy atom. The Labute approximate surface area is 109 Å². The molecule has 0 radical (unpaired) electrons. The fraction of sp³-hybridized carbons (Fsp3) is 0.500. The smallest absolute Gasteiger partial charge is 0.238 e. The Morgan fingerprint density at radius 3 is 2.61 bits per heavy atom. The normalized spacial score (nSPS) is 10.7. The van der Waals surface area contributed by atoms with E-state index in [1.54, 1.807) is 0 Å². The van der Waals surface area contributed by atoms with Crippen LogP contribution in [0.1, 0.15) is 11.1 Å². The average molecular weight is 249 g/mol. The van der Waals surface area contributed by atoms with Gasteiger partial charge in [0.25, 0.3) is 0 Å². The lowest BCUT2D eigenvalue weighted by Crippen LogP contribution is -2.33. The molecule has 1 aromatic carbocycles. The molecule has 0 aromatic heterocycles. The third-order valence-electron chi connectivity index (χ3n) is 2.68. The summed E-state index contributed by atoms with van der Waals surface area (Å²) in [6.07, 6.45) is 0. The van der Waals surface area contributed by atoms with E-state index in [0.29, 0.717) is 6.54 Å². The van der Waals surface area contributed by atoms with Crippen LogP contribution in [0.2, 0.25) is 0 Å². The van der Waals surface area contributed by atoms with Crippen molar-refractivity contribution < 1.29 is 4.79 Å². The number of anilines is 1. The van der Waals surface area contributed by atoms with Gasteiger partial charge in [-0.25, -0.2) is 0 Å². The van der Waals surface area contributed by atoms with Gasteiger partial charge in [0.2, 0.25) is 5.91 Å². The van der Waals surface area contributed by atoms with Gasteiger partial charge >= 0.3 is 0 Å². The van der Waals surface area contributed by atoms with Crippen molar-refractivity contribution in [1.82, 2.24) is 10.2 Å². The molecule has 18 heavy (non-hydrogen) atoms. The summed E-state index contributed by atoms with van der Waals surface area (Å²) in [6, 6.07) is 6.01. The Balaban J connectivity index is 2.35. The van der Waals surface area contributed by atoms with E-state index in [1.807, 2.05) is 40.1 Å². The third kappa shape index (κ3) is 5.29. The van der Waals surface area contributed by atoms with E-state index in [1.165, 1.54) is 5.56 Å². The molecule has 0 atom stereocenters. The Morgan fingerprint density at radius 1 is 1.28 bits per heavy atom. The number of hydrogen-bond acceptors (Lipinski definition) is 3. The maximum atomic E-state index is 11.7. The summed E-state index contributed by atoms with van der Waals surface area (Å²) < 4.78 is 0. The predicted octanol–water partition coefficient (Wildman–Crippen LogP) is 1.39. The van der Waals surface area contributed by atoms with Crippen LogP contribution < -0.4 is 10.6 Å². The SMILES string of the molecule is Cc1ccc(NC(=O)CNCCN(C)C)c(C)c1. The van der Waals surface area contributed by atoms with Gasteiger partial charge in [-0.15, -0.1) is 0 Å². The third-order valence-corrected chi connectivity index (χ3v) is 2.68. The van der Waals surface area contributed by atoms with Crippen LogP contribution in [-0.2, 0) is 4.79 Å². The zero-order chi connectivity index (χ0) is 13.5. The lowest BCUT2D eigenvalue weighted by molar-refractivity contribution is -0.115. The molecule has 0 aliphatic heterocycles. The van der Waals surface area contributed by atoms with Gasteiger partial charge in [0.05, 0.1) is 6.54 Å².